The maximum Gasteiger partial charge on any atom is 3.00 e. The molecule has 0 rings (SSSR count). The van der Waals surface area contributed by atoms with Gasteiger partial charge in [-0.05, 0) is 11.0 Å². The van der Waals surface area contributed by atoms with Crippen LogP contribution in [0.15, 0.2) is 25.3 Å². The first-order valence-corrected chi connectivity index (χ1v) is 1.15. The van der Waals surface area contributed by atoms with Gasteiger partial charge in [-0.3, -0.25) is 0 Å². The standard InChI is InChI=1S/C4H6.2CH3.H3Si.Ti/c1-3-4-2;;;;/h3-4H,1-2H2;3*1H3;/q;2*-1;;+3. The molecule has 0 atom stereocenters. The van der Waals surface area contributed by atoms with Crippen LogP contribution in [0.4, 0.5) is 0 Å². The van der Waals surface area contributed by atoms with E-state index in [1.165, 1.54) is 0 Å². The zero-order chi connectivity index (χ0) is 3.41. The Balaban J connectivity index is -0.00000000750. The van der Waals surface area contributed by atoms with Crippen LogP contribution in [0.25, 0.3) is 0 Å². The van der Waals surface area contributed by atoms with Crippen molar-refractivity contribution in [2.24, 2.45) is 0 Å². The van der Waals surface area contributed by atoms with Crippen molar-refractivity contribution in [1.82, 2.24) is 0 Å². The molecule has 0 bridgehead atoms. The van der Waals surface area contributed by atoms with Crippen LogP contribution in [0.5, 0.6) is 0 Å². The molecule has 0 aliphatic heterocycles. The summed E-state index contributed by atoms with van der Waals surface area (Å²) in [5, 5.41) is 0. The molecule has 0 saturated carbocycles. The van der Waals surface area contributed by atoms with Gasteiger partial charge in [-0.15, -0.1) is 0 Å². The first kappa shape index (κ1) is 39.7. The second-order valence-electron chi connectivity index (χ2n) is 0.471. The summed E-state index contributed by atoms with van der Waals surface area (Å²) in [7, 11) is 0. The molecule has 0 aliphatic carbocycles. The molecule has 46 valence electrons. The smallest absolute Gasteiger partial charge is 0.358 e. The second kappa shape index (κ2) is 52.4. The van der Waals surface area contributed by atoms with E-state index in [9.17, 15) is 0 Å². The van der Waals surface area contributed by atoms with Crippen molar-refractivity contribution in [3.05, 3.63) is 40.2 Å². The second-order valence-corrected chi connectivity index (χ2v) is 0.471. The fraction of sp³-hybridized carbons (Fsp3) is 0. The number of hydrogen-bond donors (Lipinski definition) is 0. The van der Waals surface area contributed by atoms with E-state index in [2.05, 4.69) is 13.2 Å². The summed E-state index contributed by atoms with van der Waals surface area (Å²) in [6.07, 6.45) is 3.28. The molecule has 0 aromatic carbocycles. The van der Waals surface area contributed by atoms with Gasteiger partial charge in [0.1, 0.15) is 0 Å². The van der Waals surface area contributed by atoms with E-state index < -0.39 is 0 Å². The van der Waals surface area contributed by atoms with Gasteiger partial charge in [0.2, 0.25) is 0 Å². The van der Waals surface area contributed by atoms with Crippen LogP contribution in [0.2, 0.25) is 0 Å². The average Bonchev–Trinajstić information content (AvgIpc) is 1.37. The van der Waals surface area contributed by atoms with Crippen LogP contribution < -0.4 is 0 Å². The SMILES string of the molecule is C=CC=C.[CH3-].[CH3-].[SiH3].[Ti+3]. The molecule has 0 unspecified atom stereocenters. The van der Waals surface area contributed by atoms with Crippen LogP contribution in [0.1, 0.15) is 0 Å². The molecule has 0 aromatic rings. The van der Waals surface area contributed by atoms with E-state index in [0.717, 1.165) is 0 Å². The summed E-state index contributed by atoms with van der Waals surface area (Å²) in [6, 6.07) is 0. The van der Waals surface area contributed by atoms with Gasteiger partial charge >= 0.3 is 21.7 Å². The van der Waals surface area contributed by atoms with Gasteiger partial charge in [-0.1, -0.05) is 25.3 Å². The Kier molecular flexibility index (Phi) is 260. The van der Waals surface area contributed by atoms with Gasteiger partial charge in [0.25, 0.3) is 0 Å². The summed E-state index contributed by atoms with van der Waals surface area (Å²) < 4.78 is 0. The zero-order valence-corrected chi connectivity index (χ0v) is 9.63. The summed E-state index contributed by atoms with van der Waals surface area (Å²) in [5.74, 6) is 0. The van der Waals surface area contributed by atoms with Crippen molar-refractivity contribution >= 4 is 11.0 Å². The van der Waals surface area contributed by atoms with Gasteiger partial charge in [0.05, 0.1) is 0 Å². The Labute approximate surface area is 73.0 Å². The molecule has 0 amide bonds. The van der Waals surface area contributed by atoms with Crippen LogP contribution in [0.3, 0.4) is 0 Å². The van der Waals surface area contributed by atoms with Gasteiger partial charge in [-0.2, -0.15) is 0 Å². The molecular weight excluding hydrogens is 148 g/mol. The minimum absolute atomic E-state index is 0. The molecule has 0 fully saturated rings. The third kappa shape index (κ3) is 94.3. The molecule has 2 radical (unpaired) electrons. The van der Waals surface area contributed by atoms with E-state index in [0.29, 0.717) is 0 Å². The van der Waals surface area contributed by atoms with E-state index >= 15 is 0 Å². The van der Waals surface area contributed by atoms with Crippen molar-refractivity contribution in [3.63, 3.8) is 0 Å². The summed E-state index contributed by atoms with van der Waals surface area (Å²) in [6.45, 7) is 6.72. The van der Waals surface area contributed by atoms with E-state index in [1.54, 1.807) is 12.2 Å². The summed E-state index contributed by atoms with van der Waals surface area (Å²) >= 11 is 0. The fourth-order valence-electron chi connectivity index (χ4n) is 0. The van der Waals surface area contributed by atoms with E-state index in [1.807, 2.05) is 0 Å². The van der Waals surface area contributed by atoms with E-state index in [-0.39, 0.29) is 47.5 Å². The molecule has 0 N–H and O–H groups in total. The van der Waals surface area contributed by atoms with Crippen molar-refractivity contribution in [1.29, 1.82) is 0 Å². The molecule has 8 heavy (non-hydrogen) atoms. The maximum atomic E-state index is 3.36. The van der Waals surface area contributed by atoms with Gasteiger partial charge in [-0.25, -0.2) is 0 Å². The van der Waals surface area contributed by atoms with Crippen molar-refractivity contribution < 1.29 is 21.7 Å². The Morgan fingerprint density at radius 1 is 0.875 bits per heavy atom. The van der Waals surface area contributed by atoms with Gasteiger partial charge in [0, 0.05) is 0 Å². The molecule has 0 aliphatic rings. The molecule has 0 saturated heterocycles. The Morgan fingerprint density at radius 3 is 1.00 bits per heavy atom. The van der Waals surface area contributed by atoms with Crippen LogP contribution in [-0.2, 0) is 21.7 Å². The molecular formula is C6H15SiTi+. The number of allylic oxidation sites excluding steroid dienone is 2. The monoisotopic (exact) mass is 163 g/mol. The minimum Gasteiger partial charge on any atom is -0.358 e. The molecule has 0 heterocycles. The average molecular weight is 163 g/mol. The normalized spacial score (nSPS) is 2.50. The van der Waals surface area contributed by atoms with E-state index in [4.69, 9.17) is 0 Å². The fourth-order valence-corrected chi connectivity index (χ4v) is 0. The quantitative estimate of drug-likeness (QED) is 0.308. The minimum atomic E-state index is 0. The predicted molar refractivity (Wildman–Crippen MR) is 43.2 cm³/mol. The summed E-state index contributed by atoms with van der Waals surface area (Å²) in [4.78, 5) is 0. The number of rotatable bonds is 1. The molecule has 0 nitrogen and oxygen atoms in total. The topological polar surface area (TPSA) is 0 Å². The van der Waals surface area contributed by atoms with Gasteiger partial charge in [0.15, 0.2) is 0 Å². The predicted octanol–water partition coefficient (Wildman–Crippen LogP) is 1.07. The Bertz CT molecular complexity index is 29.5. The third-order valence-electron chi connectivity index (χ3n) is 0.167. The van der Waals surface area contributed by atoms with Crippen LogP contribution in [0, 0.1) is 14.9 Å². The van der Waals surface area contributed by atoms with Crippen LogP contribution in [-0.4, -0.2) is 11.0 Å². The molecule has 0 spiro atoms. The maximum absolute atomic E-state index is 3.36. The third-order valence-corrected chi connectivity index (χ3v) is 0.167. The molecule has 0 aromatic heterocycles. The van der Waals surface area contributed by atoms with Gasteiger partial charge < -0.3 is 14.9 Å². The first-order valence-electron chi connectivity index (χ1n) is 1.15. The largest absolute Gasteiger partial charge is 3.00 e. The first-order chi connectivity index (χ1) is 1.91. The summed E-state index contributed by atoms with van der Waals surface area (Å²) in [5.41, 5.74) is 0. The number of hydrogen-bond acceptors (Lipinski definition) is 0. The van der Waals surface area contributed by atoms with Crippen LogP contribution >= 0.6 is 0 Å². The zero-order valence-electron chi connectivity index (χ0n) is 6.07. The van der Waals surface area contributed by atoms with Crippen molar-refractivity contribution in [2.75, 3.05) is 0 Å². The Hall–Kier alpha value is 0.411. The van der Waals surface area contributed by atoms with Crippen molar-refractivity contribution in [3.8, 4) is 0 Å². The van der Waals surface area contributed by atoms with Crippen molar-refractivity contribution in [2.45, 2.75) is 0 Å². The molecule has 2 heteroatoms. The Morgan fingerprint density at radius 2 is 1.00 bits per heavy atom.